The van der Waals surface area contributed by atoms with Gasteiger partial charge in [0.25, 0.3) is 10.0 Å². The van der Waals surface area contributed by atoms with Gasteiger partial charge >= 0.3 is 0 Å². The highest BCUT2D eigenvalue weighted by Crippen LogP contribution is 2.26. The molecule has 1 N–H and O–H groups in total. The van der Waals surface area contributed by atoms with Crippen molar-refractivity contribution in [2.24, 2.45) is 0 Å². The molecule has 2 amide bonds. The summed E-state index contributed by atoms with van der Waals surface area (Å²) in [4.78, 5) is 28.3. The molecular weight excluding hydrogens is 522 g/mol. The molecular formula is C29H34ClN3O4S. The molecule has 9 heteroatoms. The van der Waals surface area contributed by atoms with Crippen LogP contribution in [0.25, 0.3) is 0 Å². The smallest absolute Gasteiger partial charge is 0.264 e. The number of hydrogen-bond acceptors (Lipinski definition) is 4. The van der Waals surface area contributed by atoms with Crippen LogP contribution in [0.1, 0.15) is 37.8 Å². The fraction of sp³-hybridized carbons (Fsp3) is 0.310. The molecule has 3 aromatic carbocycles. The van der Waals surface area contributed by atoms with Gasteiger partial charge < -0.3 is 10.2 Å². The molecule has 3 rings (SSSR count). The van der Waals surface area contributed by atoms with Crippen LogP contribution in [0.4, 0.5) is 5.69 Å². The summed E-state index contributed by atoms with van der Waals surface area (Å²) >= 11 is 6.39. The van der Waals surface area contributed by atoms with E-state index in [9.17, 15) is 18.0 Å². The van der Waals surface area contributed by atoms with E-state index in [4.69, 9.17) is 11.6 Å². The van der Waals surface area contributed by atoms with Gasteiger partial charge in [-0.2, -0.15) is 0 Å². The van der Waals surface area contributed by atoms with Gasteiger partial charge in [0.15, 0.2) is 0 Å². The predicted octanol–water partition coefficient (Wildman–Crippen LogP) is 5.18. The Morgan fingerprint density at radius 2 is 1.66 bits per heavy atom. The average Bonchev–Trinajstić information content (AvgIpc) is 2.91. The van der Waals surface area contributed by atoms with Crippen molar-refractivity contribution >= 4 is 39.1 Å². The summed E-state index contributed by atoms with van der Waals surface area (Å²) in [6, 6.07) is 21.2. The number of amides is 2. The quantitative estimate of drug-likeness (QED) is 0.312. The van der Waals surface area contributed by atoms with E-state index >= 15 is 0 Å². The number of nitrogens with zero attached hydrogens (tertiary/aromatic N) is 2. The lowest BCUT2D eigenvalue weighted by atomic mass is 10.1. The Morgan fingerprint density at radius 1 is 0.974 bits per heavy atom. The Hall–Kier alpha value is -3.36. The molecule has 0 aliphatic rings. The summed E-state index contributed by atoms with van der Waals surface area (Å²) in [5, 5.41) is 3.32. The number of nitrogens with one attached hydrogen (secondary N) is 1. The lowest BCUT2D eigenvalue weighted by Gasteiger charge is -2.32. The van der Waals surface area contributed by atoms with Crippen LogP contribution in [0.15, 0.2) is 83.8 Å². The minimum absolute atomic E-state index is 0.0495. The second-order valence-corrected chi connectivity index (χ2v) is 11.4. The second-order valence-electron chi connectivity index (χ2n) is 9.10. The molecule has 0 unspecified atom stereocenters. The molecule has 38 heavy (non-hydrogen) atoms. The van der Waals surface area contributed by atoms with Gasteiger partial charge in [-0.15, -0.1) is 0 Å². The number of sulfonamides is 1. The van der Waals surface area contributed by atoms with E-state index in [2.05, 4.69) is 5.32 Å². The zero-order chi connectivity index (χ0) is 27.7. The molecule has 0 aliphatic carbocycles. The molecule has 0 saturated heterocycles. The highest BCUT2D eigenvalue weighted by molar-refractivity contribution is 7.92. The number of aryl methyl sites for hydroxylation is 1. The van der Waals surface area contributed by atoms with Crippen LogP contribution in [0.5, 0.6) is 0 Å². The minimum Gasteiger partial charge on any atom is -0.354 e. The van der Waals surface area contributed by atoms with Crippen molar-refractivity contribution in [1.29, 1.82) is 0 Å². The Bertz CT molecular complexity index is 1350. The van der Waals surface area contributed by atoms with Crippen molar-refractivity contribution in [3.05, 3.63) is 95.0 Å². The van der Waals surface area contributed by atoms with Gasteiger partial charge in [0.05, 0.1) is 10.6 Å². The van der Waals surface area contributed by atoms with E-state index in [1.807, 2.05) is 19.9 Å². The summed E-state index contributed by atoms with van der Waals surface area (Å²) in [6.07, 6.45) is 1.73. The highest BCUT2D eigenvalue weighted by Gasteiger charge is 2.32. The summed E-state index contributed by atoms with van der Waals surface area (Å²) in [6.45, 7) is 5.57. The van der Waals surface area contributed by atoms with Gasteiger partial charge in [0.2, 0.25) is 11.8 Å². The van der Waals surface area contributed by atoms with Crippen LogP contribution in [0, 0.1) is 6.92 Å². The number of unbranched alkanes of at least 4 members (excludes halogenated alkanes) is 1. The van der Waals surface area contributed by atoms with E-state index < -0.39 is 28.5 Å². The van der Waals surface area contributed by atoms with Gasteiger partial charge in [-0.3, -0.25) is 13.9 Å². The van der Waals surface area contributed by atoms with E-state index in [1.165, 1.54) is 17.0 Å². The molecule has 1 atom stereocenters. The van der Waals surface area contributed by atoms with Crippen molar-refractivity contribution < 1.29 is 18.0 Å². The second kappa shape index (κ2) is 13.4. The molecule has 0 spiro atoms. The minimum atomic E-state index is -4.08. The number of benzene rings is 3. The van der Waals surface area contributed by atoms with Gasteiger partial charge in [0, 0.05) is 18.1 Å². The fourth-order valence-corrected chi connectivity index (χ4v) is 5.58. The monoisotopic (exact) mass is 555 g/mol. The molecule has 7 nitrogen and oxygen atoms in total. The number of carbonyl (C=O) groups is 2. The third-order valence-corrected chi connectivity index (χ3v) is 8.35. The molecule has 0 heterocycles. The van der Waals surface area contributed by atoms with Crippen LogP contribution in [0.2, 0.25) is 5.02 Å². The Balaban J connectivity index is 2.00. The molecule has 0 aliphatic heterocycles. The summed E-state index contributed by atoms with van der Waals surface area (Å²) in [5.41, 5.74) is 1.86. The van der Waals surface area contributed by atoms with Crippen molar-refractivity contribution in [2.45, 2.75) is 51.1 Å². The summed E-state index contributed by atoms with van der Waals surface area (Å²) < 4.78 is 28.6. The van der Waals surface area contributed by atoms with E-state index in [-0.39, 0.29) is 17.3 Å². The first kappa shape index (κ1) is 29.2. The van der Waals surface area contributed by atoms with Crippen molar-refractivity contribution in [3.8, 4) is 0 Å². The van der Waals surface area contributed by atoms with Gasteiger partial charge in [-0.25, -0.2) is 8.42 Å². The zero-order valence-corrected chi connectivity index (χ0v) is 23.5. The first-order valence-electron chi connectivity index (χ1n) is 12.6. The molecule has 202 valence electrons. The van der Waals surface area contributed by atoms with E-state index in [0.29, 0.717) is 22.8 Å². The third-order valence-electron chi connectivity index (χ3n) is 6.20. The molecule has 3 aromatic rings. The molecule has 0 saturated carbocycles. The Morgan fingerprint density at radius 3 is 2.32 bits per heavy atom. The van der Waals surface area contributed by atoms with Crippen LogP contribution in [0.3, 0.4) is 0 Å². The Labute approximate surface area is 230 Å². The highest BCUT2D eigenvalue weighted by atomic mass is 35.5. The Kier molecular flexibility index (Phi) is 10.3. The number of carbonyl (C=O) groups excluding carboxylic acids is 2. The van der Waals surface area contributed by atoms with Gasteiger partial charge in [-0.05, 0) is 61.7 Å². The van der Waals surface area contributed by atoms with Gasteiger partial charge in [0.1, 0.15) is 12.6 Å². The average molecular weight is 556 g/mol. The van der Waals surface area contributed by atoms with Crippen LogP contribution < -0.4 is 9.62 Å². The van der Waals surface area contributed by atoms with Crippen molar-refractivity contribution in [1.82, 2.24) is 10.2 Å². The normalized spacial score (nSPS) is 12.0. The van der Waals surface area contributed by atoms with E-state index in [0.717, 1.165) is 22.7 Å². The number of halogens is 1. The number of hydrogen-bond donors (Lipinski definition) is 1. The van der Waals surface area contributed by atoms with Crippen LogP contribution >= 0.6 is 11.6 Å². The molecule has 0 fully saturated rings. The molecule has 0 bridgehead atoms. The molecule has 0 radical (unpaired) electrons. The lowest BCUT2D eigenvalue weighted by Crippen LogP contribution is -2.51. The topological polar surface area (TPSA) is 86.8 Å². The first-order chi connectivity index (χ1) is 18.1. The lowest BCUT2D eigenvalue weighted by molar-refractivity contribution is -0.139. The van der Waals surface area contributed by atoms with Crippen LogP contribution in [-0.2, 0) is 26.2 Å². The van der Waals surface area contributed by atoms with E-state index in [1.54, 1.807) is 67.6 Å². The summed E-state index contributed by atoms with van der Waals surface area (Å²) in [5.74, 6) is -0.837. The maximum atomic E-state index is 13.9. The van der Waals surface area contributed by atoms with Crippen molar-refractivity contribution in [3.63, 3.8) is 0 Å². The number of rotatable bonds is 12. The standard InChI is InChI=1S/C29H34ClN3O4S/c1-4-5-18-31-29(35)23(3)32(20-24-13-9-10-17-27(24)30)28(34)21-33(25-14-11-12-22(2)19-25)38(36,37)26-15-7-6-8-16-26/h6-17,19,23H,4-5,18,20-21H2,1-3H3,(H,31,35)/t23-/m1/s1. The van der Waals surface area contributed by atoms with Crippen LogP contribution in [-0.4, -0.2) is 44.3 Å². The molecule has 0 aromatic heterocycles. The predicted molar refractivity (Wildman–Crippen MR) is 152 cm³/mol. The largest absolute Gasteiger partial charge is 0.354 e. The third kappa shape index (κ3) is 7.36. The first-order valence-corrected chi connectivity index (χ1v) is 14.4. The van der Waals surface area contributed by atoms with Gasteiger partial charge in [-0.1, -0.05) is 73.5 Å². The maximum absolute atomic E-state index is 13.9. The summed E-state index contributed by atoms with van der Waals surface area (Å²) in [7, 11) is -4.08. The zero-order valence-electron chi connectivity index (χ0n) is 21.9. The number of anilines is 1. The fourth-order valence-electron chi connectivity index (χ4n) is 3.96. The van der Waals surface area contributed by atoms with Crippen molar-refractivity contribution in [2.75, 3.05) is 17.4 Å². The SMILES string of the molecule is CCCCNC(=O)[C@@H](C)N(Cc1ccccc1Cl)C(=O)CN(c1cccc(C)c1)S(=O)(=O)c1ccccc1. The maximum Gasteiger partial charge on any atom is 0.264 e.